The summed E-state index contributed by atoms with van der Waals surface area (Å²) >= 11 is 7.98. The van der Waals surface area contributed by atoms with E-state index in [1.165, 1.54) is 23.5 Å². The van der Waals surface area contributed by atoms with Gasteiger partial charge in [-0.3, -0.25) is 4.68 Å². The van der Waals surface area contributed by atoms with E-state index < -0.39 is 0 Å². The maximum Gasteiger partial charge on any atom is 0.169 e. The van der Waals surface area contributed by atoms with Crippen molar-refractivity contribution in [3.63, 3.8) is 0 Å². The van der Waals surface area contributed by atoms with Crippen LogP contribution in [0.25, 0.3) is 32.9 Å². The van der Waals surface area contributed by atoms with Crippen molar-refractivity contribution < 1.29 is 4.39 Å². The van der Waals surface area contributed by atoms with Crippen LogP contribution in [0.2, 0.25) is 5.02 Å². The second-order valence-corrected chi connectivity index (χ2v) is 8.46. The van der Waals surface area contributed by atoms with Gasteiger partial charge in [0.15, 0.2) is 11.6 Å². The van der Waals surface area contributed by atoms with Crippen molar-refractivity contribution in [3.8, 4) is 22.6 Å². The zero-order valence-electron chi connectivity index (χ0n) is 16.9. The number of hydrogen-bond donors (Lipinski definition) is 2. The molecule has 0 fully saturated rings. The predicted octanol–water partition coefficient (Wildman–Crippen LogP) is 5.14. The zero-order valence-corrected chi connectivity index (χ0v) is 18.5. The summed E-state index contributed by atoms with van der Waals surface area (Å²) < 4.78 is 15.8. The Kier molecular flexibility index (Phi) is 5.20. The number of aromatic nitrogens is 5. The van der Waals surface area contributed by atoms with Gasteiger partial charge >= 0.3 is 0 Å². The van der Waals surface area contributed by atoms with E-state index >= 15 is 0 Å². The van der Waals surface area contributed by atoms with E-state index in [4.69, 9.17) is 22.3 Å². The minimum absolute atomic E-state index is 0.237. The van der Waals surface area contributed by atoms with E-state index in [0.717, 1.165) is 21.3 Å². The number of nitrogens with two attached hydrogens (primary N) is 1. The van der Waals surface area contributed by atoms with Gasteiger partial charge < -0.3 is 11.1 Å². The largest absolute Gasteiger partial charge is 0.381 e. The van der Waals surface area contributed by atoms with Crippen molar-refractivity contribution in [1.29, 1.82) is 0 Å². The maximum absolute atomic E-state index is 13.2. The van der Waals surface area contributed by atoms with Crippen molar-refractivity contribution in [2.24, 2.45) is 7.05 Å². The van der Waals surface area contributed by atoms with Crippen molar-refractivity contribution in [3.05, 3.63) is 70.6 Å². The number of hydrogen-bond acceptors (Lipinski definition) is 7. The molecule has 0 bridgehead atoms. The number of thiazole rings is 1. The van der Waals surface area contributed by atoms with Gasteiger partial charge in [-0.25, -0.2) is 19.3 Å². The number of halogens is 2. The summed E-state index contributed by atoms with van der Waals surface area (Å²) in [6, 6.07) is 11.9. The maximum atomic E-state index is 13.2. The summed E-state index contributed by atoms with van der Waals surface area (Å²) in [5, 5.41) is 8.21. The van der Waals surface area contributed by atoms with Gasteiger partial charge in [-0.15, -0.1) is 11.3 Å². The van der Waals surface area contributed by atoms with Crippen molar-refractivity contribution in [1.82, 2.24) is 24.7 Å². The molecule has 0 radical (unpaired) electrons. The lowest BCUT2D eigenvalue weighted by molar-refractivity contribution is 0.627. The molecule has 160 valence electrons. The average Bonchev–Trinajstić information content (AvgIpc) is 3.43. The normalized spacial score (nSPS) is 11.2. The smallest absolute Gasteiger partial charge is 0.169 e. The highest BCUT2D eigenvalue weighted by atomic mass is 35.5. The number of nitrogens with zero attached hydrogens (tertiary/aromatic N) is 5. The van der Waals surface area contributed by atoms with Crippen LogP contribution in [0.4, 0.5) is 16.0 Å². The molecular weight excluding hydrogens is 449 g/mol. The van der Waals surface area contributed by atoms with Crippen LogP contribution in [0.5, 0.6) is 0 Å². The molecule has 0 saturated heterocycles. The Morgan fingerprint density at radius 1 is 1.12 bits per heavy atom. The van der Waals surface area contributed by atoms with E-state index in [9.17, 15) is 4.39 Å². The summed E-state index contributed by atoms with van der Waals surface area (Å²) in [4.78, 5) is 13.7. The molecule has 0 spiro atoms. The van der Waals surface area contributed by atoms with E-state index in [-0.39, 0.29) is 11.6 Å². The monoisotopic (exact) mass is 465 g/mol. The molecule has 10 heteroatoms. The SMILES string of the molecule is Cn1ccc(-c2nc(N)c(NCc3ccc(F)cc3)nc2-c2cc(Cl)c3ncsc3c2)n1. The van der Waals surface area contributed by atoms with Crippen LogP contribution in [0.15, 0.2) is 54.2 Å². The van der Waals surface area contributed by atoms with Crippen molar-refractivity contribution in [2.45, 2.75) is 6.54 Å². The first-order chi connectivity index (χ1) is 15.5. The van der Waals surface area contributed by atoms with E-state index in [1.54, 1.807) is 22.3 Å². The molecule has 0 aliphatic heterocycles. The van der Waals surface area contributed by atoms with Gasteiger partial charge in [-0.1, -0.05) is 23.7 Å². The molecule has 7 nitrogen and oxygen atoms in total. The number of rotatable bonds is 5. The van der Waals surface area contributed by atoms with Crippen LogP contribution >= 0.6 is 22.9 Å². The number of fused-ring (bicyclic) bond motifs is 1. The first-order valence-electron chi connectivity index (χ1n) is 9.67. The number of nitrogens with one attached hydrogen (secondary N) is 1. The molecule has 0 atom stereocenters. The summed E-state index contributed by atoms with van der Waals surface area (Å²) in [5.41, 5.74) is 12.2. The zero-order chi connectivity index (χ0) is 22.2. The van der Waals surface area contributed by atoms with Gasteiger partial charge in [-0.05, 0) is 35.9 Å². The Morgan fingerprint density at radius 2 is 1.94 bits per heavy atom. The molecular formula is C22H17ClFN7S. The third kappa shape index (κ3) is 3.88. The summed E-state index contributed by atoms with van der Waals surface area (Å²) in [7, 11) is 1.83. The lowest BCUT2D eigenvalue weighted by atomic mass is 10.1. The first-order valence-corrected chi connectivity index (χ1v) is 10.9. The molecule has 0 amide bonds. The van der Waals surface area contributed by atoms with Crippen LogP contribution in [0.1, 0.15) is 5.56 Å². The molecule has 3 N–H and O–H groups in total. The third-order valence-corrected chi connectivity index (χ3v) is 5.98. The van der Waals surface area contributed by atoms with Crippen molar-refractivity contribution >= 4 is 44.8 Å². The molecule has 3 heterocycles. The minimum atomic E-state index is -0.287. The van der Waals surface area contributed by atoms with E-state index in [0.29, 0.717) is 34.5 Å². The summed E-state index contributed by atoms with van der Waals surface area (Å²) in [6.45, 7) is 0.413. The highest BCUT2D eigenvalue weighted by Gasteiger charge is 2.19. The Hall–Kier alpha value is -3.56. The molecule has 5 rings (SSSR count). The van der Waals surface area contributed by atoms with Gasteiger partial charge in [0.2, 0.25) is 0 Å². The quantitative estimate of drug-likeness (QED) is 0.373. The summed E-state index contributed by atoms with van der Waals surface area (Å²) in [6.07, 6.45) is 1.83. The molecule has 2 aromatic carbocycles. The van der Waals surface area contributed by atoms with E-state index in [2.05, 4.69) is 20.4 Å². The minimum Gasteiger partial charge on any atom is -0.381 e. The predicted molar refractivity (Wildman–Crippen MR) is 126 cm³/mol. The lowest BCUT2D eigenvalue weighted by Gasteiger charge is -2.13. The molecule has 3 aromatic heterocycles. The van der Waals surface area contributed by atoms with Crippen LogP contribution in [0.3, 0.4) is 0 Å². The molecule has 0 aliphatic carbocycles. The second-order valence-electron chi connectivity index (χ2n) is 7.17. The van der Waals surface area contributed by atoms with Crippen LogP contribution in [-0.4, -0.2) is 24.7 Å². The number of anilines is 2. The van der Waals surface area contributed by atoms with Gasteiger partial charge in [0, 0.05) is 25.4 Å². The molecule has 0 saturated carbocycles. The third-order valence-electron chi connectivity index (χ3n) is 4.92. The highest BCUT2D eigenvalue weighted by molar-refractivity contribution is 7.16. The van der Waals surface area contributed by atoms with Crippen LogP contribution in [0, 0.1) is 5.82 Å². The molecule has 0 unspecified atom stereocenters. The molecule has 0 aliphatic rings. The molecule has 32 heavy (non-hydrogen) atoms. The van der Waals surface area contributed by atoms with Gasteiger partial charge in [0.1, 0.15) is 22.9 Å². The van der Waals surface area contributed by atoms with E-state index in [1.807, 2.05) is 31.4 Å². The van der Waals surface area contributed by atoms with Gasteiger partial charge in [-0.2, -0.15) is 5.10 Å². The topological polar surface area (TPSA) is 94.5 Å². The number of aryl methyl sites for hydroxylation is 1. The summed E-state index contributed by atoms with van der Waals surface area (Å²) in [5.74, 6) is 0.372. The average molecular weight is 466 g/mol. The Bertz CT molecular complexity index is 1430. The van der Waals surface area contributed by atoms with Gasteiger partial charge in [0.25, 0.3) is 0 Å². The van der Waals surface area contributed by atoms with Crippen LogP contribution < -0.4 is 11.1 Å². The van der Waals surface area contributed by atoms with Crippen LogP contribution in [-0.2, 0) is 13.6 Å². The fraction of sp³-hybridized carbons (Fsp3) is 0.0909. The second kappa shape index (κ2) is 8.18. The number of nitrogen functional groups attached to an aromatic ring is 1. The Labute approximate surface area is 191 Å². The number of benzene rings is 2. The standard InChI is InChI=1S/C22H17ClFN7S/c1-31-7-6-16(30-31)20-18(13-8-15(23)19-17(9-13)32-11-27-19)29-22(21(25)28-20)26-10-12-2-4-14(24)5-3-12/h2-9,11H,10H2,1H3,(H2,25,28)(H,26,29). The lowest BCUT2D eigenvalue weighted by Crippen LogP contribution is -2.09. The van der Waals surface area contributed by atoms with Gasteiger partial charge in [0.05, 0.1) is 20.7 Å². The fourth-order valence-electron chi connectivity index (χ4n) is 3.35. The van der Waals surface area contributed by atoms with Crippen molar-refractivity contribution in [2.75, 3.05) is 11.1 Å². The Morgan fingerprint density at radius 3 is 2.69 bits per heavy atom. The first kappa shape index (κ1) is 20.3. The highest BCUT2D eigenvalue weighted by Crippen LogP contribution is 2.36. The fourth-order valence-corrected chi connectivity index (χ4v) is 4.41. The Balaban J connectivity index is 1.61. The molecule has 5 aromatic rings.